The van der Waals surface area contributed by atoms with Crippen molar-refractivity contribution in [3.05, 3.63) is 71.2 Å². The summed E-state index contributed by atoms with van der Waals surface area (Å²) in [6.07, 6.45) is 0. The van der Waals surface area contributed by atoms with Crippen LogP contribution >= 0.6 is 11.3 Å². The van der Waals surface area contributed by atoms with Gasteiger partial charge in [-0.05, 0) is 29.6 Å². The molecule has 0 aliphatic heterocycles. The molecule has 4 aromatic rings. The number of nitrogens with zero attached hydrogens (tertiary/aromatic N) is 2. The average Bonchev–Trinajstić information content (AvgIpc) is 3.18. The molecule has 0 aliphatic carbocycles. The van der Waals surface area contributed by atoms with Crippen molar-refractivity contribution in [1.82, 2.24) is 9.94 Å². The van der Waals surface area contributed by atoms with Crippen molar-refractivity contribution >= 4 is 22.2 Å². The summed E-state index contributed by atoms with van der Waals surface area (Å²) in [4.78, 5) is 7.01. The molecule has 0 unspecified atom stereocenters. The average molecular weight is 310 g/mol. The Morgan fingerprint density at radius 1 is 1.00 bits per heavy atom. The first-order valence-electron chi connectivity index (χ1n) is 6.76. The van der Waals surface area contributed by atoms with Crippen molar-refractivity contribution in [2.75, 3.05) is 0 Å². The molecular weight excluding hydrogens is 299 g/mol. The number of para-hydroxylation sites is 2. The van der Waals surface area contributed by atoms with Gasteiger partial charge in [0.25, 0.3) is 0 Å². The van der Waals surface area contributed by atoms with Gasteiger partial charge in [0.2, 0.25) is 0 Å². The minimum absolute atomic E-state index is 0.146. The Morgan fingerprint density at radius 3 is 2.64 bits per heavy atom. The van der Waals surface area contributed by atoms with E-state index in [9.17, 15) is 4.39 Å². The van der Waals surface area contributed by atoms with Crippen molar-refractivity contribution in [3.63, 3.8) is 0 Å². The Kier molecular flexibility index (Phi) is 3.12. The third-order valence-electron chi connectivity index (χ3n) is 3.37. The first kappa shape index (κ1) is 13.0. The molecule has 0 radical (unpaired) electrons. The van der Waals surface area contributed by atoms with E-state index in [0.717, 1.165) is 22.2 Å². The Bertz CT molecular complexity index is 931. The number of benzene rings is 2. The maximum absolute atomic E-state index is 13.8. The maximum Gasteiger partial charge on any atom is 0.193 e. The van der Waals surface area contributed by atoms with Crippen LogP contribution in [0.15, 0.2) is 65.4 Å². The van der Waals surface area contributed by atoms with E-state index in [4.69, 9.17) is 4.84 Å². The van der Waals surface area contributed by atoms with Crippen LogP contribution in [0.3, 0.4) is 0 Å². The fourth-order valence-electron chi connectivity index (χ4n) is 2.33. The van der Waals surface area contributed by atoms with Gasteiger partial charge in [-0.25, -0.2) is 4.39 Å². The summed E-state index contributed by atoms with van der Waals surface area (Å²) in [6, 6.07) is 16.0. The van der Waals surface area contributed by atoms with E-state index >= 15 is 0 Å². The molecule has 4 rings (SSSR count). The summed E-state index contributed by atoms with van der Waals surface area (Å²) in [5.41, 5.74) is 2.65. The molecule has 22 heavy (non-hydrogen) atoms. The normalized spacial score (nSPS) is 11.0. The second kappa shape index (κ2) is 5.27. The number of rotatable bonds is 3. The molecule has 0 atom stereocenters. The highest BCUT2D eigenvalue weighted by Crippen LogP contribution is 2.30. The van der Waals surface area contributed by atoms with Gasteiger partial charge in [0.15, 0.2) is 11.6 Å². The SMILES string of the molecule is Fc1ccccc1On1nc(-c2ccsc2)c2ccccc21. The first-order valence-corrected chi connectivity index (χ1v) is 7.70. The van der Waals surface area contributed by atoms with Gasteiger partial charge in [0.05, 0.1) is 0 Å². The Hall–Kier alpha value is -2.66. The lowest BCUT2D eigenvalue weighted by molar-refractivity contribution is 0.182. The van der Waals surface area contributed by atoms with Gasteiger partial charge >= 0.3 is 0 Å². The summed E-state index contributed by atoms with van der Waals surface area (Å²) in [6.45, 7) is 0. The fraction of sp³-hybridized carbons (Fsp3) is 0. The van der Waals surface area contributed by atoms with Gasteiger partial charge in [0.1, 0.15) is 11.2 Å². The Labute approximate surface area is 130 Å². The highest BCUT2D eigenvalue weighted by Gasteiger charge is 2.14. The standard InChI is InChI=1S/C17H11FN2OS/c18-14-6-2-4-8-16(14)21-20-15-7-3-1-5-13(15)17(19-20)12-9-10-22-11-12/h1-11H. The molecular formula is C17H11FN2OS. The van der Waals surface area contributed by atoms with Crippen LogP contribution in [0, 0.1) is 5.82 Å². The first-order chi connectivity index (χ1) is 10.8. The summed E-state index contributed by atoms with van der Waals surface area (Å²) in [5, 5.41) is 9.50. The molecule has 0 spiro atoms. The zero-order chi connectivity index (χ0) is 14.9. The van der Waals surface area contributed by atoms with Crippen LogP contribution in [0.2, 0.25) is 0 Å². The molecule has 0 amide bonds. The van der Waals surface area contributed by atoms with Gasteiger partial charge in [-0.2, -0.15) is 11.3 Å². The molecule has 0 bridgehead atoms. The molecule has 2 aromatic heterocycles. The van der Waals surface area contributed by atoms with Crippen molar-refractivity contribution < 1.29 is 9.23 Å². The van der Waals surface area contributed by atoms with Crippen LogP contribution < -0.4 is 4.84 Å². The monoisotopic (exact) mass is 310 g/mol. The lowest BCUT2D eigenvalue weighted by Gasteiger charge is -2.06. The van der Waals surface area contributed by atoms with Crippen molar-refractivity contribution in [1.29, 1.82) is 0 Å². The number of hydrogen-bond donors (Lipinski definition) is 0. The minimum atomic E-state index is -0.417. The highest BCUT2D eigenvalue weighted by molar-refractivity contribution is 7.08. The van der Waals surface area contributed by atoms with Crippen molar-refractivity contribution in [3.8, 4) is 17.0 Å². The van der Waals surface area contributed by atoms with Gasteiger partial charge in [-0.3, -0.25) is 0 Å². The van der Waals surface area contributed by atoms with Gasteiger partial charge in [0, 0.05) is 16.3 Å². The van der Waals surface area contributed by atoms with E-state index in [1.165, 1.54) is 10.9 Å². The number of fused-ring (bicyclic) bond motifs is 1. The van der Waals surface area contributed by atoms with Crippen LogP contribution in [0.1, 0.15) is 0 Å². The smallest absolute Gasteiger partial charge is 0.193 e. The lowest BCUT2D eigenvalue weighted by Crippen LogP contribution is -2.08. The Morgan fingerprint density at radius 2 is 1.82 bits per heavy atom. The summed E-state index contributed by atoms with van der Waals surface area (Å²) < 4.78 is 13.8. The number of aromatic nitrogens is 2. The van der Waals surface area contributed by atoms with Gasteiger partial charge < -0.3 is 4.84 Å². The van der Waals surface area contributed by atoms with Crippen LogP contribution in [-0.2, 0) is 0 Å². The van der Waals surface area contributed by atoms with E-state index in [2.05, 4.69) is 5.10 Å². The van der Waals surface area contributed by atoms with Crippen LogP contribution in [0.4, 0.5) is 4.39 Å². The third kappa shape index (κ3) is 2.16. The van der Waals surface area contributed by atoms with Crippen LogP contribution in [-0.4, -0.2) is 9.94 Å². The number of halogens is 1. The van der Waals surface area contributed by atoms with E-state index in [1.54, 1.807) is 29.5 Å². The summed E-state index contributed by atoms with van der Waals surface area (Å²) >= 11 is 1.61. The molecule has 2 heterocycles. The molecule has 0 fully saturated rings. The molecule has 0 N–H and O–H groups in total. The predicted octanol–water partition coefficient (Wildman–Crippen LogP) is 4.75. The summed E-state index contributed by atoms with van der Waals surface area (Å²) in [7, 11) is 0. The van der Waals surface area contributed by atoms with E-state index in [-0.39, 0.29) is 5.75 Å². The molecule has 3 nitrogen and oxygen atoms in total. The van der Waals surface area contributed by atoms with Gasteiger partial charge in [-0.15, -0.1) is 5.10 Å². The molecule has 108 valence electrons. The van der Waals surface area contributed by atoms with E-state index < -0.39 is 5.82 Å². The van der Waals surface area contributed by atoms with Crippen molar-refractivity contribution in [2.45, 2.75) is 0 Å². The van der Waals surface area contributed by atoms with E-state index in [1.807, 2.05) is 41.1 Å². The van der Waals surface area contributed by atoms with Crippen LogP contribution in [0.5, 0.6) is 5.75 Å². The fourth-order valence-corrected chi connectivity index (χ4v) is 2.97. The maximum atomic E-state index is 13.8. The topological polar surface area (TPSA) is 27.1 Å². The van der Waals surface area contributed by atoms with Crippen molar-refractivity contribution in [2.24, 2.45) is 0 Å². The third-order valence-corrected chi connectivity index (χ3v) is 4.06. The molecule has 0 saturated carbocycles. The number of hydrogen-bond acceptors (Lipinski definition) is 3. The largest absolute Gasteiger partial charge is 0.354 e. The van der Waals surface area contributed by atoms with Crippen LogP contribution in [0.25, 0.3) is 22.2 Å². The lowest BCUT2D eigenvalue weighted by atomic mass is 10.1. The molecule has 2 aromatic carbocycles. The summed E-state index contributed by atoms with van der Waals surface area (Å²) in [5.74, 6) is -0.271. The molecule has 0 aliphatic rings. The van der Waals surface area contributed by atoms with E-state index in [0.29, 0.717) is 0 Å². The quantitative estimate of drug-likeness (QED) is 0.546. The Balaban J connectivity index is 1.87. The van der Waals surface area contributed by atoms with Gasteiger partial charge in [-0.1, -0.05) is 35.2 Å². The zero-order valence-corrected chi connectivity index (χ0v) is 12.3. The molecule has 0 saturated heterocycles. The highest BCUT2D eigenvalue weighted by atomic mass is 32.1. The minimum Gasteiger partial charge on any atom is -0.354 e. The number of thiophene rings is 1. The zero-order valence-electron chi connectivity index (χ0n) is 11.4. The predicted molar refractivity (Wildman–Crippen MR) is 85.5 cm³/mol. The second-order valence-corrected chi connectivity index (χ2v) is 5.55. The molecule has 5 heteroatoms. The second-order valence-electron chi connectivity index (χ2n) is 4.77.